The van der Waals surface area contributed by atoms with E-state index in [0.29, 0.717) is 29.9 Å². The highest BCUT2D eigenvalue weighted by atomic mass is 16.7. The highest BCUT2D eigenvalue weighted by Crippen LogP contribution is 2.51. The van der Waals surface area contributed by atoms with E-state index in [1.54, 1.807) is 20.3 Å². The Hall–Kier alpha value is -2.76. The van der Waals surface area contributed by atoms with Gasteiger partial charge >= 0.3 is 0 Å². The molecule has 0 saturated carbocycles. The first-order chi connectivity index (χ1) is 15.8. The van der Waals surface area contributed by atoms with Crippen LogP contribution in [0.1, 0.15) is 11.1 Å². The van der Waals surface area contributed by atoms with E-state index in [1.807, 2.05) is 12.1 Å². The summed E-state index contributed by atoms with van der Waals surface area (Å²) in [5.41, 5.74) is 3.32. The maximum absolute atomic E-state index is 11.0. The van der Waals surface area contributed by atoms with Crippen molar-refractivity contribution < 1.29 is 49.2 Å². The Morgan fingerprint density at radius 2 is 1.48 bits per heavy atom. The lowest BCUT2D eigenvalue weighted by Crippen LogP contribution is -2.60. The first kappa shape index (κ1) is 23.4. The SMILES string of the molecule is COc1cc2c(cc1OC)-c1c(cc(O[C@@H]3OC(CO)[C@@H](O)C(O)C3O)c(O)c1OC)CC2. The molecule has 1 fully saturated rings. The van der Waals surface area contributed by atoms with Gasteiger partial charge in [-0.2, -0.15) is 0 Å². The van der Waals surface area contributed by atoms with Gasteiger partial charge in [0.2, 0.25) is 12.0 Å². The van der Waals surface area contributed by atoms with Gasteiger partial charge in [-0.25, -0.2) is 0 Å². The molecule has 1 saturated heterocycles. The maximum atomic E-state index is 11.0. The van der Waals surface area contributed by atoms with Gasteiger partial charge in [0, 0.05) is 5.56 Å². The van der Waals surface area contributed by atoms with Crippen molar-refractivity contribution in [3.8, 4) is 39.9 Å². The molecule has 1 aliphatic heterocycles. The van der Waals surface area contributed by atoms with Gasteiger partial charge in [-0.1, -0.05) is 0 Å². The van der Waals surface area contributed by atoms with Crippen molar-refractivity contribution in [1.82, 2.24) is 0 Å². The normalized spacial score (nSPS) is 26.2. The van der Waals surface area contributed by atoms with Crippen molar-refractivity contribution in [3.63, 3.8) is 0 Å². The Labute approximate surface area is 190 Å². The minimum atomic E-state index is -1.61. The molecule has 2 aliphatic rings. The topological polar surface area (TPSA) is 147 Å². The standard InChI is InChI=1S/C23H28O10/c1-29-13-6-10-4-5-11-7-15(32-23-21(28)20(27)18(25)16(9-24)33-23)19(26)22(31-3)17(11)12(10)8-14(13)30-2/h6-8,16,18,20-21,23-28H,4-5,9H2,1-3H3/t16?,18-,20?,21?,23-/m1/s1. The zero-order chi connectivity index (χ0) is 23.9. The number of hydrogen-bond acceptors (Lipinski definition) is 10. The van der Waals surface area contributed by atoms with E-state index in [4.69, 9.17) is 23.7 Å². The largest absolute Gasteiger partial charge is 0.502 e. The Bertz CT molecular complexity index is 1020. The van der Waals surface area contributed by atoms with Crippen molar-refractivity contribution in [3.05, 3.63) is 29.3 Å². The number of fused-ring (bicyclic) bond motifs is 3. The lowest BCUT2D eigenvalue weighted by atomic mass is 9.84. The summed E-state index contributed by atoms with van der Waals surface area (Å²) in [7, 11) is 4.53. The van der Waals surface area contributed by atoms with Gasteiger partial charge < -0.3 is 49.2 Å². The molecule has 0 spiro atoms. The van der Waals surface area contributed by atoms with Crippen LogP contribution in [-0.2, 0) is 17.6 Å². The number of phenolic OH excluding ortho intramolecular Hbond substituents is 1. The molecule has 10 heteroatoms. The lowest BCUT2D eigenvalue weighted by Gasteiger charge is -2.39. The van der Waals surface area contributed by atoms with Crippen LogP contribution in [0.15, 0.2) is 18.2 Å². The highest BCUT2D eigenvalue weighted by Gasteiger charge is 2.45. The number of ether oxygens (including phenoxy) is 5. The van der Waals surface area contributed by atoms with Crippen LogP contribution in [0.25, 0.3) is 11.1 Å². The van der Waals surface area contributed by atoms with Crippen molar-refractivity contribution >= 4 is 0 Å². The summed E-state index contributed by atoms with van der Waals surface area (Å²) in [6, 6.07) is 5.34. The van der Waals surface area contributed by atoms with Gasteiger partial charge in [-0.3, -0.25) is 0 Å². The van der Waals surface area contributed by atoms with Crippen molar-refractivity contribution in [1.29, 1.82) is 0 Å². The number of aliphatic hydroxyl groups is 4. The lowest BCUT2D eigenvalue weighted by molar-refractivity contribution is -0.277. The Balaban J connectivity index is 1.75. The zero-order valence-corrected chi connectivity index (χ0v) is 18.5. The molecule has 0 aromatic heterocycles. The second-order valence-corrected chi connectivity index (χ2v) is 7.97. The molecule has 4 rings (SSSR count). The van der Waals surface area contributed by atoms with Crippen molar-refractivity contribution in [2.75, 3.05) is 27.9 Å². The van der Waals surface area contributed by atoms with Gasteiger partial charge in [0.15, 0.2) is 23.0 Å². The number of methoxy groups -OCH3 is 3. The monoisotopic (exact) mass is 464 g/mol. The third-order valence-corrected chi connectivity index (χ3v) is 6.14. The van der Waals surface area contributed by atoms with Crippen LogP contribution >= 0.6 is 0 Å². The van der Waals surface area contributed by atoms with E-state index >= 15 is 0 Å². The Kier molecular flexibility index (Phi) is 6.55. The Morgan fingerprint density at radius 3 is 2.12 bits per heavy atom. The van der Waals surface area contributed by atoms with Crippen LogP contribution in [0.4, 0.5) is 0 Å². The second kappa shape index (κ2) is 9.24. The predicted molar refractivity (Wildman–Crippen MR) is 115 cm³/mol. The Morgan fingerprint density at radius 1 is 0.848 bits per heavy atom. The van der Waals surface area contributed by atoms with Crippen molar-refractivity contribution in [2.45, 2.75) is 43.5 Å². The summed E-state index contributed by atoms with van der Waals surface area (Å²) in [5, 5.41) is 50.6. The number of aliphatic hydroxyl groups excluding tert-OH is 4. The first-order valence-corrected chi connectivity index (χ1v) is 10.5. The van der Waals surface area contributed by atoms with Crippen LogP contribution in [-0.4, -0.2) is 84.2 Å². The van der Waals surface area contributed by atoms with Crippen LogP contribution < -0.4 is 18.9 Å². The summed E-state index contributed by atoms with van der Waals surface area (Å²) >= 11 is 0. The molecule has 10 nitrogen and oxygen atoms in total. The minimum absolute atomic E-state index is 0.0288. The fourth-order valence-electron chi connectivity index (χ4n) is 4.38. The number of benzene rings is 2. The summed E-state index contributed by atoms with van der Waals surface area (Å²) < 4.78 is 27.5. The smallest absolute Gasteiger partial charge is 0.229 e. The molecular formula is C23H28O10. The summed E-state index contributed by atoms with van der Waals surface area (Å²) in [6.07, 6.45) is -5.99. The van der Waals surface area contributed by atoms with Gasteiger partial charge in [0.1, 0.15) is 24.4 Å². The molecule has 3 unspecified atom stereocenters. The molecule has 1 heterocycles. The molecule has 0 bridgehead atoms. The summed E-state index contributed by atoms with van der Waals surface area (Å²) in [4.78, 5) is 0. The van der Waals surface area contributed by atoms with Gasteiger partial charge in [-0.15, -0.1) is 0 Å². The molecule has 0 radical (unpaired) electrons. The zero-order valence-electron chi connectivity index (χ0n) is 18.5. The first-order valence-electron chi connectivity index (χ1n) is 10.5. The highest BCUT2D eigenvalue weighted by molar-refractivity contribution is 5.84. The number of aromatic hydroxyl groups is 1. The van der Waals surface area contributed by atoms with E-state index in [0.717, 1.165) is 16.7 Å². The van der Waals surface area contributed by atoms with Crippen LogP contribution in [0.5, 0.6) is 28.7 Å². The summed E-state index contributed by atoms with van der Waals surface area (Å²) in [6.45, 7) is -0.591. The molecular weight excluding hydrogens is 436 g/mol. The summed E-state index contributed by atoms with van der Waals surface area (Å²) in [5.74, 6) is 0.952. The number of phenols is 1. The predicted octanol–water partition coefficient (Wildman–Crippen LogP) is 0.362. The molecule has 33 heavy (non-hydrogen) atoms. The number of rotatable bonds is 6. The van der Waals surface area contributed by atoms with Crippen LogP contribution in [0.2, 0.25) is 0 Å². The number of hydrogen-bond donors (Lipinski definition) is 5. The molecule has 2 aromatic rings. The third-order valence-electron chi connectivity index (χ3n) is 6.14. The van der Waals surface area contributed by atoms with Crippen LogP contribution in [0.3, 0.4) is 0 Å². The molecule has 1 aliphatic carbocycles. The minimum Gasteiger partial charge on any atom is -0.502 e. The fourth-order valence-corrected chi connectivity index (χ4v) is 4.38. The quantitative estimate of drug-likeness (QED) is 0.406. The van der Waals surface area contributed by atoms with Gasteiger partial charge in [0.05, 0.1) is 27.9 Å². The van der Waals surface area contributed by atoms with Crippen molar-refractivity contribution in [2.24, 2.45) is 0 Å². The van der Waals surface area contributed by atoms with E-state index < -0.39 is 37.3 Å². The molecule has 2 aromatic carbocycles. The van der Waals surface area contributed by atoms with E-state index in [9.17, 15) is 25.5 Å². The molecule has 0 amide bonds. The second-order valence-electron chi connectivity index (χ2n) is 7.97. The average Bonchev–Trinajstić information content (AvgIpc) is 2.83. The van der Waals surface area contributed by atoms with Gasteiger partial charge in [-0.05, 0) is 47.7 Å². The molecule has 5 N–H and O–H groups in total. The maximum Gasteiger partial charge on any atom is 0.229 e. The van der Waals surface area contributed by atoms with E-state index in [-0.39, 0.29) is 17.2 Å². The number of aryl methyl sites for hydroxylation is 2. The van der Waals surface area contributed by atoms with E-state index in [1.165, 1.54) is 7.11 Å². The average molecular weight is 464 g/mol. The molecule has 180 valence electrons. The van der Waals surface area contributed by atoms with Gasteiger partial charge in [0.25, 0.3) is 0 Å². The van der Waals surface area contributed by atoms with Crippen LogP contribution in [0, 0.1) is 0 Å². The fraction of sp³-hybridized carbons (Fsp3) is 0.478. The van der Waals surface area contributed by atoms with E-state index in [2.05, 4.69) is 0 Å². The third kappa shape index (κ3) is 3.94. The molecule has 5 atom stereocenters.